The highest BCUT2D eigenvalue weighted by Gasteiger charge is 2.28. The summed E-state index contributed by atoms with van der Waals surface area (Å²) in [5.74, 6) is 0.768. The second-order valence-electron chi connectivity index (χ2n) is 8.88. The monoisotopic (exact) mass is 428 g/mol. The number of fused-ring (bicyclic) bond motifs is 4. The SMILES string of the molecule is Cc1nc2c(sc3nc4c(cc32)COC(C)(C)C4)c(=O)n1CCCN1CCOCC1. The van der Waals surface area contributed by atoms with Crippen LogP contribution in [0.5, 0.6) is 0 Å². The van der Waals surface area contributed by atoms with Crippen LogP contribution < -0.4 is 5.56 Å². The molecular weight excluding hydrogens is 400 g/mol. The molecular formula is C22H28N4O3S. The van der Waals surface area contributed by atoms with Crippen molar-refractivity contribution in [2.75, 3.05) is 32.8 Å². The van der Waals surface area contributed by atoms with E-state index in [2.05, 4.69) is 24.8 Å². The van der Waals surface area contributed by atoms with E-state index in [9.17, 15) is 4.79 Å². The molecule has 1 saturated heterocycles. The van der Waals surface area contributed by atoms with Crippen LogP contribution in [0.2, 0.25) is 0 Å². The standard InChI is InChI=1S/C22H28N4O3S/c1-14-23-18-16-11-15-13-29-22(2,3)12-17(15)24-20(16)30-19(18)21(27)26(14)6-4-5-25-7-9-28-10-8-25/h11H,4-10,12-13H2,1-3H3. The van der Waals surface area contributed by atoms with Crippen LogP contribution in [0.15, 0.2) is 10.9 Å². The molecule has 160 valence electrons. The van der Waals surface area contributed by atoms with Crippen molar-refractivity contribution in [1.29, 1.82) is 0 Å². The van der Waals surface area contributed by atoms with Gasteiger partial charge in [0.2, 0.25) is 0 Å². The molecule has 0 unspecified atom stereocenters. The average molecular weight is 429 g/mol. The first-order valence-corrected chi connectivity index (χ1v) is 11.5. The Morgan fingerprint density at radius 2 is 2.00 bits per heavy atom. The fourth-order valence-electron chi connectivity index (χ4n) is 4.38. The van der Waals surface area contributed by atoms with E-state index >= 15 is 0 Å². The highest BCUT2D eigenvalue weighted by atomic mass is 32.1. The number of aryl methyl sites for hydroxylation is 1. The number of aromatic nitrogens is 3. The van der Waals surface area contributed by atoms with Gasteiger partial charge in [-0.2, -0.15) is 0 Å². The van der Waals surface area contributed by atoms with Gasteiger partial charge < -0.3 is 9.47 Å². The summed E-state index contributed by atoms with van der Waals surface area (Å²) in [6.07, 6.45) is 1.71. The summed E-state index contributed by atoms with van der Waals surface area (Å²) < 4.78 is 13.9. The van der Waals surface area contributed by atoms with Crippen molar-refractivity contribution in [3.63, 3.8) is 0 Å². The number of thiophene rings is 1. The predicted molar refractivity (Wildman–Crippen MR) is 118 cm³/mol. The third-order valence-corrected chi connectivity index (χ3v) is 7.18. The molecule has 0 aliphatic carbocycles. The van der Waals surface area contributed by atoms with Crippen LogP contribution >= 0.6 is 11.3 Å². The first-order valence-electron chi connectivity index (χ1n) is 10.7. The van der Waals surface area contributed by atoms with Crippen molar-refractivity contribution < 1.29 is 9.47 Å². The molecule has 0 amide bonds. The number of ether oxygens (including phenoxy) is 2. The van der Waals surface area contributed by atoms with E-state index in [1.54, 1.807) is 0 Å². The zero-order valence-electron chi connectivity index (χ0n) is 17.9. The summed E-state index contributed by atoms with van der Waals surface area (Å²) >= 11 is 1.47. The van der Waals surface area contributed by atoms with Crippen molar-refractivity contribution >= 4 is 31.8 Å². The highest BCUT2D eigenvalue weighted by molar-refractivity contribution is 7.25. The Balaban J connectivity index is 1.47. The Kier molecular flexibility index (Phi) is 5.13. The van der Waals surface area contributed by atoms with E-state index in [4.69, 9.17) is 19.4 Å². The van der Waals surface area contributed by atoms with Gasteiger partial charge in [-0.05, 0) is 33.3 Å². The van der Waals surface area contributed by atoms with Crippen LogP contribution in [0.25, 0.3) is 20.4 Å². The van der Waals surface area contributed by atoms with E-state index in [-0.39, 0.29) is 11.2 Å². The molecule has 3 aromatic rings. The van der Waals surface area contributed by atoms with E-state index < -0.39 is 0 Å². The quantitative estimate of drug-likeness (QED) is 0.637. The van der Waals surface area contributed by atoms with Crippen LogP contribution in [0.3, 0.4) is 0 Å². The maximum absolute atomic E-state index is 13.3. The van der Waals surface area contributed by atoms with Crippen molar-refractivity contribution in [2.24, 2.45) is 0 Å². The minimum atomic E-state index is -0.202. The van der Waals surface area contributed by atoms with Gasteiger partial charge in [-0.15, -0.1) is 11.3 Å². The average Bonchev–Trinajstić information content (AvgIpc) is 3.06. The van der Waals surface area contributed by atoms with Gasteiger partial charge >= 0.3 is 0 Å². The molecule has 8 heteroatoms. The summed E-state index contributed by atoms with van der Waals surface area (Å²) in [7, 11) is 0. The maximum Gasteiger partial charge on any atom is 0.271 e. The van der Waals surface area contributed by atoms with E-state index in [0.29, 0.717) is 17.9 Å². The summed E-state index contributed by atoms with van der Waals surface area (Å²) in [6, 6.07) is 2.13. The van der Waals surface area contributed by atoms with E-state index in [1.807, 2.05) is 11.5 Å². The third kappa shape index (κ3) is 3.66. The minimum absolute atomic E-state index is 0.0528. The lowest BCUT2D eigenvalue weighted by Crippen LogP contribution is -2.37. The second-order valence-corrected chi connectivity index (χ2v) is 9.87. The molecule has 0 spiro atoms. The molecule has 5 rings (SSSR count). The van der Waals surface area contributed by atoms with E-state index in [0.717, 1.165) is 78.5 Å². The van der Waals surface area contributed by atoms with Crippen LogP contribution in [-0.2, 0) is 29.0 Å². The summed E-state index contributed by atoms with van der Waals surface area (Å²) in [6.45, 7) is 11.9. The second kappa shape index (κ2) is 7.67. The molecule has 30 heavy (non-hydrogen) atoms. The van der Waals surface area contributed by atoms with E-state index in [1.165, 1.54) is 11.3 Å². The fraction of sp³-hybridized carbons (Fsp3) is 0.591. The number of hydrogen-bond donors (Lipinski definition) is 0. The normalized spacial score (nSPS) is 19.4. The van der Waals surface area contributed by atoms with Gasteiger partial charge in [-0.3, -0.25) is 14.3 Å². The molecule has 2 aliphatic heterocycles. The number of morpholine rings is 1. The highest BCUT2D eigenvalue weighted by Crippen LogP contribution is 2.34. The van der Waals surface area contributed by atoms with Gasteiger partial charge in [0.1, 0.15) is 15.4 Å². The summed E-state index contributed by atoms with van der Waals surface area (Å²) in [5, 5.41) is 0.970. The van der Waals surface area contributed by atoms with Gasteiger partial charge in [-0.1, -0.05) is 0 Å². The molecule has 3 aromatic heterocycles. The first kappa shape index (κ1) is 20.1. The lowest BCUT2D eigenvalue weighted by atomic mass is 9.95. The van der Waals surface area contributed by atoms with Gasteiger partial charge in [-0.25, -0.2) is 9.97 Å². The molecule has 0 atom stereocenters. The zero-order chi connectivity index (χ0) is 20.9. The Morgan fingerprint density at radius 1 is 1.20 bits per heavy atom. The molecule has 0 bridgehead atoms. The first-order chi connectivity index (χ1) is 14.4. The minimum Gasteiger partial charge on any atom is -0.379 e. The number of hydrogen-bond acceptors (Lipinski definition) is 7. The van der Waals surface area contributed by atoms with Crippen molar-refractivity contribution in [3.05, 3.63) is 33.5 Å². The van der Waals surface area contributed by atoms with Gasteiger partial charge in [0.05, 0.1) is 36.6 Å². The molecule has 0 radical (unpaired) electrons. The fourth-order valence-corrected chi connectivity index (χ4v) is 5.45. The van der Waals surface area contributed by atoms with Crippen LogP contribution in [-0.4, -0.2) is 57.9 Å². The van der Waals surface area contributed by atoms with Crippen LogP contribution in [0, 0.1) is 6.92 Å². The van der Waals surface area contributed by atoms with Crippen molar-refractivity contribution in [3.8, 4) is 0 Å². The Bertz CT molecular complexity index is 1160. The predicted octanol–water partition coefficient (Wildman–Crippen LogP) is 2.89. The van der Waals surface area contributed by atoms with Gasteiger partial charge in [0, 0.05) is 43.5 Å². The van der Waals surface area contributed by atoms with Gasteiger partial charge in [0.15, 0.2) is 0 Å². The van der Waals surface area contributed by atoms with Crippen molar-refractivity contribution in [2.45, 2.75) is 52.4 Å². The lowest BCUT2D eigenvalue weighted by molar-refractivity contribution is -0.0411. The maximum atomic E-state index is 13.3. The topological polar surface area (TPSA) is 69.5 Å². The number of rotatable bonds is 4. The summed E-state index contributed by atoms with van der Waals surface area (Å²) in [4.78, 5) is 26.3. The number of nitrogens with zero attached hydrogens (tertiary/aromatic N) is 4. The smallest absolute Gasteiger partial charge is 0.271 e. The summed E-state index contributed by atoms with van der Waals surface area (Å²) in [5.41, 5.74) is 2.81. The van der Waals surface area contributed by atoms with Crippen LogP contribution in [0.4, 0.5) is 0 Å². The Labute approximate surface area is 179 Å². The lowest BCUT2D eigenvalue weighted by Gasteiger charge is -2.30. The zero-order valence-corrected chi connectivity index (χ0v) is 18.7. The number of pyridine rings is 1. The molecule has 2 aliphatic rings. The third-order valence-electron chi connectivity index (χ3n) is 6.10. The Morgan fingerprint density at radius 3 is 2.80 bits per heavy atom. The molecule has 0 N–H and O–H groups in total. The molecule has 0 saturated carbocycles. The molecule has 7 nitrogen and oxygen atoms in total. The van der Waals surface area contributed by atoms with Gasteiger partial charge in [0.25, 0.3) is 5.56 Å². The largest absolute Gasteiger partial charge is 0.379 e. The van der Waals surface area contributed by atoms with Crippen molar-refractivity contribution in [1.82, 2.24) is 19.4 Å². The molecule has 0 aromatic carbocycles. The Hall–Kier alpha value is -1.87. The molecule has 5 heterocycles. The van der Waals surface area contributed by atoms with Crippen LogP contribution in [0.1, 0.15) is 37.4 Å². The molecule has 1 fully saturated rings.